The van der Waals surface area contributed by atoms with Gasteiger partial charge in [0.15, 0.2) is 5.69 Å². The number of aromatic nitrogens is 2. The highest BCUT2D eigenvalue weighted by Crippen LogP contribution is 2.32. The number of hydrogen-bond acceptors (Lipinski definition) is 5. The number of fused-ring (bicyclic) bond motifs is 1. The van der Waals surface area contributed by atoms with E-state index in [1.54, 1.807) is 15.6 Å². The highest BCUT2D eigenvalue weighted by atomic mass is 35.5. The van der Waals surface area contributed by atoms with E-state index in [1.165, 1.54) is 10.4 Å². The molecule has 2 aromatic rings. The van der Waals surface area contributed by atoms with Gasteiger partial charge in [0.2, 0.25) is 0 Å². The van der Waals surface area contributed by atoms with E-state index >= 15 is 0 Å². The fraction of sp³-hybridized carbons (Fsp3) is 0.500. The molecule has 26 heavy (non-hydrogen) atoms. The fourth-order valence-electron chi connectivity index (χ4n) is 3.58. The number of likely N-dealkylation sites (tertiary alicyclic amines) is 1. The number of halogens is 1. The van der Waals surface area contributed by atoms with Crippen molar-refractivity contribution in [2.24, 2.45) is 7.05 Å². The van der Waals surface area contributed by atoms with Gasteiger partial charge in [-0.1, -0.05) is 11.6 Å². The van der Waals surface area contributed by atoms with Crippen LogP contribution in [0.5, 0.6) is 0 Å². The Labute approximate surface area is 161 Å². The third kappa shape index (κ3) is 2.96. The zero-order valence-electron chi connectivity index (χ0n) is 14.3. The number of hydrogen-bond donors (Lipinski definition) is 0. The smallest absolute Gasteiger partial charge is 0.274 e. The van der Waals surface area contributed by atoms with E-state index in [9.17, 15) is 13.2 Å². The summed E-state index contributed by atoms with van der Waals surface area (Å²) >= 11 is 6.95. The number of rotatable bonds is 3. The summed E-state index contributed by atoms with van der Waals surface area (Å²) in [6.45, 7) is 2.00. The van der Waals surface area contributed by atoms with E-state index in [4.69, 9.17) is 11.6 Å². The molecule has 7 nitrogen and oxygen atoms in total. The standard InChI is InChI=1S/C16H19ClN4O3S2/c1-19-12-6-9-21(26(23,24)14-5-4-13(17)25-14)10-11(12)15(18-19)16(22)20-7-2-3-8-20/h4-5H,2-3,6-10H2,1H3. The summed E-state index contributed by atoms with van der Waals surface area (Å²) in [5, 5.41) is 4.42. The second-order valence-corrected chi connectivity index (χ2v) is 10.4. The Hall–Kier alpha value is -1.42. The molecule has 1 saturated heterocycles. The molecule has 140 valence electrons. The molecule has 0 N–H and O–H groups in total. The minimum Gasteiger partial charge on any atom is -0.337 e. The minimum atomic E-state index is -3.63. The molecule has 2 aromatic heterocycles. The van der Waals surface area contributed by atoms with Crippen molar-refractivity contribution in [1.82, 2.24) is 19.0 Å². The van der Waals surface area contributed by atoms with Crippen molar-refractivity contribution < 1.29 is 13.2 Å². The zero-order valence-corrected chi connectivity index (χ0v) is 16.7. The Morgan fingerprint density at radius 2 is 1.96 bits per heavy atom. The van der Waals surface area contributed by atoms with Crippen LogP contribution in [0.25, 0.3) is 0 Å². The molecule has 0 spiro atoms. The first-order valence-corrected chi connectivity index (χ1v) is 11.1. The predicted molar refractivity (Wildman–Crippen MR) is 99.0 cm³/mol. The van der Waals surface area contributed by atoms with E-state index in [1.807, 2.05) is 7.05 Å². The summed E-state index contributed by atoms with van der Waals surface area (Å²) in [5.74, 6) is -0.0993. The van der Waals surface area contributed by atoms with Gasteiger partial charge >= 0.3 is 0 Å². The number of aryl methyl sites for hydroxylation is 1. The van der Waals surface area contributed by atoms with Crippen molar-refractivity contribution >= 4 is 38.9 Å². The Kier molecular flexibility index (Phi) is 4.58. The normalized spacial score (nSPS) is 18.3. The Morgan fingerprint density at radius 1 is 1.23 bits per heavy atom. The molecule has 0 aromatic carbocycles. The van der Waals surface area contributed by atoms with E-state index in [-0.39, 0.29) is 16.7 Å². The van der Waals surface area contributed by atoms with Crippen LogP contribution < -0.4 is 0 Å². The Morgan fingerprint density at radius 3 is 2.62 bits per heavy atom. The van der Waals surface area contributed by atoms with Gasteiger partial charge in [-0.05, 0) is 25.0 Å². The number of sulfonamides is 1. The molecule has 2 aliphatic heterocycles. The van der Waals surface area contributed by atoms with Gasteiger partial charge in [-0.15, -0.1) is 11.3 Å². The van der Waals surface area contributed by atoms with E-state index in [2.05, 4.69) is 5.10 Å². The number of amides is 1. The fourth-order valence-corrected chi connectivity index (χ4v) is 6.62. The van der Waals surface area contributed by atoms with Crippen molar-refractivity contribution in [1.29, 1.82) is 0 Å². The van der Waals surface area contributed by atoms with E-state index < -0.39 is 10.0 Å². The Bertz CT molecular complexity index is 960. The molecular weight excluding hydrogens is 396 g/mol. The first-order valence-electron chi connectivity index (χ1n) is 8.47. The molecular formula is C16H19ClN4O3S2. The van der Waals surface area contributed by atoms with Crippen molar-refractivity contribution in [3.05, 3.63) is 33.4 Å². The minimum absolute atomic E-state index is 0.0993. The first kappa shape index (κ1) is 18.0. The molecule has 1 amide bonds. The average molecular weight is 415 g/mol. The van der Waals surface area contributed by atoms with Gasteiger partial charge in [0, 0.05) is 50.9 Å². The summed E-state index contributed by atoms with van der Waals surface area (Å²) in [6, 6.07) is 3.11. The number of thiophene rings is 1. The molecule has 10 heteroatoms. The van der Waals surface area contributed by atoms with Crippen LogP contribution in [0.15, 0.2) is 16.3 Å². The zero-order chi connectivity index (χ0) is 18.5. The first-order chi connectivity index (χ1) is 12.4. The molecule has 1 fully saturated rings. The SMILES string of the molecule is Cn1nc(C(=O)N2CCCC2)c2c1CCN(S(=O)(=O)c1ccc(Cl)s1)C2. The van der Waals surface area contributed by atoms with Crippen LogP contribution in [0.2, 0.25) is 4.34 Å². The molecule has 0 radical (unpaired) electrons. The van der Waals surface area contributed by atoms with Crippen LogP contribution in [0, 0.1) is 0 Å². The van der Waals surface area contributed by atoms with Crippen LogP contribution in [0.3, 0.4) is 0 Å². The third-order valence-electron chi connectivity index (χ3n) is 4.95. The van der Waals surface area contributed by atoms with Crippen LogP contribution in [0.4, 0.5) is 0 Å². The topological polar surface area (TPSA) is 75.5 Å². The second kappa shape index (κ2) is 6.63. The molecule has 0 saturated carbocycles. The predicted octanol–water partition coefficient (Wildman–Crippen LogP) is 2.12. The molecule has 0 atom stereocenters. The van der Waals surface area contributed by atoms with Crippen molar-refractivity contribution in [3.63, 3.8) is 0 Å². The third-order valence-corrected chi connectivity index (χ3v) is 8.49. The van der Waals surface area contributed by atoms with Crippen molar-refractivity contribution in [2.75, 3.05) is 19.6 Å². The number of carbonyl (C=O) groups excluding carboxylic acids is 1. The van der Waals surface area contributed by atoms with E-state index in [0.29, 0.717) is 23.0 Å². The maximum absolute atomic E-state index is 12.9. The number of nitrogens with zero attached hydrogens (tertiary/aromatic N) is 4. The summed E-state index contributed by atoms with van der Waals surface area (Å²) in [6.07, 6.45) is 2.53. The van der Waals surface area contributed by atoms with Gasteiger partial charge in [0.05, 0.1) is 4.34 Å². The highest BCUT2D eigenvalue weighted by Gasteiger charge is 2.35. The molecule has 2 aliphatic rings. The lowest BCUT2D eigenvalue weighted by Crippen LogP contribution is -2.37. The summed E-state index contributed by atoms with van der Waals surface area (Å²) < 4.78 is 29.6. The molecule has 0 bridgehead atoms. The average Bonchev–Trinajstić information content (AvgIpc) is 3.35. The van der Waals surface area contributed by atoms with E-state index in [0.717, 1.165) is 48.5 Å². The maximum atomic E-state index is 12.9. The van der Waals surface area contributed by atoms with Crippen LogP contribution >= 0.6 is 22.9 Å². The quantitative estimate of drug-likeness (QED) is 0.770. The monoisotopic (exact) mass is 414 g/mol. The lowest BCUT2D eigenvalue weighted by Gasteiger charge is -2.26. The van der Waals surface area contributed by atoms with Crippen molar-refractivity contribution in [3.8, 4) is 0 Å². The molecule has 0 aliphatic carbocycles. The molecule has 4 rings (SSSR count). The maximum Gasteiger partial charge on any atom is 0.274 e. The van der Waals surface area contributed by atoms with Gasteiger partial charge in [-0.3, -0.25) is 9.48 Å². The van der Waals surface area contributed by atoms with Gasteiger partial charge in [-0.2, -0.15) is 9.40 Å². The summed E-state index contributed by atoms with van der Waals surface area (Å²) in [5.41, 5.74) is 2.04. The van der Waals surface area contributed by atoms with Crippen LogP contribution in [-0.4, -0.2) is 52.9 Å². The summed E-state index contributed by atoms with van der Waals surface area (Å²) in [4.78, 5) is 14.6. The largest absolute Gasteiger partial charge is 0.337 e. The molecule has 0 unspecified atom stereocenters. The number of carbonyl (C=O) groups is 1. The van der Waals surface area contributed by atoms with Crippen LogP contribution in [-0.2, 0) is 30.0 Å². The lowest BCUT2D eigenvalue weighted by atomic mass is 10.1. The van der Waals surface area contributed by atoms with Gasteiger partial charge in [-0.25, -0.2) is 8.42 Å². The molecule has 4 heterocycles. The van der Waals surface area contributed by atoms with Crippen molar-refractivity contribution in [2.45, 2.75) is 30.0 Å². The van der Waals surface area contributed by atoms with Gasteiger partial charge < -0.3 is 4.90 Å². The summed E-state index contributed by atoms with van der Waals surface area (Å²) in [7, 11) is -1.82. The van der Waals surface area contributed by atoms with Gasteiger partial charge in [0.25, 0.3) is 15.9 Å². The lowest BCUT2D eigenvalue weighted by molar-refractivity contribution is 0.0784. The highest BCUT2D eigenvalue weighted by molar-refractivity contribution is 7.91. The Balaban J connectivity index is 1.67. The van der Waals surface area contributed by atoms with Crippen LogP contribution in [0.1, 0.15) is 34.6 Å². The van der Waals surface area contributed by atoms with Gasteiger partial charge in [0.1, 0.15) is 4.21 Å². The second-order valence-electron chi connectivity index (χ2n) is 6.54.